The van der Waals surface area contributed by atoms with Gasteiger partial charge in [-0.3, -0.25) is 4.40 Å². The number of hydrogen-bond donors (Lipinski definition) is 1. The molecule has 2 heterocycles. The second kappa shape index (κ2) is 4.09. The molecular formula is C15H16N4. The lowest BCUT2D eigenvalue weighted by atomic mass is 10.1. The van der Waals surface area contributed by atoms with Crippen molar-refractivity contribution in [1.29, 1.82) is 0 Å². The van der Waals surface area contributed by atoms with Gasteiger partial charge in [0.05, 0.1) is 5.69 Å². The Hall–Kier alpha value is -2.36. The van der Waals surface area contributed by atoms with Crippen LogP contribution < -0.4 is 5.73 Å². The van der Waals surface area contributed by atoms with Gasteiger partial charge in [0.1, 0.15) is 0 Å². The third-order valence-corrected chi connectivity index (χ3v) is 3.60. The first-order valence-electron chi connectivity index (χ1n) is 6.25. The second-order valence-corrected chi connectivity index (χ2v) is 4.93. The van der Waals surface area contributed by atoms with Crippen LogP contribution >= 0.6 is 0 Å². The van der Waals surface area contributed by atoms with Crippen LogP contribution in [0.5, 0.6) is 0 Å². The molecule has 0 saturated heterocycles. The van der Waals surface area contributed by atoms with Crippen molar-refractivity contribution in [1.82, 2.24) is 14.6 Å². The summed E-state index contributed by atoms with van der Waals surface area (Å²) in [5.41, 5.74) is 12.0. The SMILES string of the molecule is Cc1ccc(-c2nnc3c(N)c(C)ccn23)cc1C. The zero-order valence-corrected chi connectivity index (χ0v) is 11.3. The summed E-state index contributed by atoms with van der Waals surface area (Å²) in [5, 5.41) is 8.47. The normalized spacial score (nSPS) is 11.1. The minimum atomic E-state index is 0.685. The molecule has 0 aliphatic carbocycles. The molecule has 0 aliphatic rings. The molecule has 19 heavy (non-hydrogen) atoms. The van der Waals surface area contributed by atoms with Gasteiger partial charge in [-0.2, -0.15) is 0 Å². The number of fused-ring (bicyclic) bond motifs is 1. The molecule has 3 aromatic rings. The first-order valence-corrected chi connectivity index (χ1v) is 6.25. The summed E-state index contributed by atoms with van der Waals surface area (Å²) in [6.45, 7) is 6.17. The summed E-state index contributed by atoms with van der Waals surface area (Å²) >= 11 is 0. The summed E-state index contributed by atoms with van der Waals surface area (Å²) in [7, 11) is 0. The van der Waals surface area contributed by atoms with Crippen molar-refractivity contribution in [2.75, 3.05) is 5.73 Å². The van der Waals surface area contributed by atoms with Gasteiger partial charge in [-0.1, -0.05) is 12.1 Å². The average molecular weight is 252 g/mol. The monoisotopic (exact) mass is 252 g/mol. The van der Waals surface area contributed by atoms with Crippen molar-refractivity contribution in [3.63, 3.8) is 0 Å². The van der Waals surface area contributed by atoms with Gasteiger partial charge in [-0.05, 0) is 49.6 Å². The topological polar surface area (TPSA) is 56.2 Å². The third-order valence-electron chi connectivity index (χ3n) is 3.60. The maximum Gasteiger partial charge on any atom is 0.184 e. The minimum absolute atomic E-state index is 0.685. The maximum atomic E-state index is 6.04. The van der Waals surface area contributed by atoms with Crippen LogP contribution in [0.2, 0.25) is 0 Å². The first-order chi connectivity index (χ1) is 9.08. The number of anilines is 1. The number of pyridine rings is 1. The Balaban J connectivity index is 2.26. The number of rotatable bonds is 1. The molecule has 0 radical (unpaired) electrons. The molecule has 0 spiro atoms. The van der Waals surface area contributed by atoms with Crippen molar-refractivity contribution in [3.8, 4) is 11.4 Å². The van der Waals surface area contributed by atoms with E-state index in [0.29, 0.717) is 11.3 Å². The van der Waals surface area contributed by atoms with Crippen LogP contribution in [0.15, 0.2) is 30.5 Å². The lowest BCUT2D eigenvalue weighted by Gasteiger charge is -2.05. The van der Waals surface area contributed by atoms with Crippen molar-refractivity contribution in [2.45, 2.75) is 20.8 Å². The summed E-state index contributed by atoms with van der Waals surface area (Å²) in [6.07, 6.45) is 1.96. The van der Waals surface area contributed by atoms with E-state index in [4.69, 9.17) is 5.73 Å². The summed E-state index contributed by atoms with van der Waals surface area (Å²) in [6, 6.07) is 8.27. The molecule has 0 amide bonds. The van der Waals surface area contributed by atoms with Crippen molar-refractivity contribution < 1.29 is 0 Å². The van der Waals surface area contributed by atoms with Gasteiger partial charge in [0.2, 0.25) is 0 Å². The summed E-state index contributed by atoms with van der Waals surface area (Å²) < 4.78 is 1.94. The lowest BCUT2D eigenvalue weighted by molar-refractivity contribution is 1.11. The molecule has 0 saturated carbocycles. The molecule has 0 unspecified atom stereocenters. The molecule has 4 heteroatoms. The number of aromatic nitrogens is 3. The van der Waals surface area contributed by atoms with Crippen molar-refractivity contribution in [3.05, 3.63) is 47.2 Å². The van der Waals surface area contributed by atoms with Crippen LogP contribution in [-0.2, 0) is 0 Å². The predicted molar refractivity (Wildman–Crippen MR) is 77.0 cm³/mol. The number of nitrogens with zero attached hydrogens (tertiary/aromatic N) is 3. The third kappa shape index (κ3) is 1.76. The van der Waals surface area contributed by atoms with Crippen LogP contribution in [0, 0.1) is 20.8 Å². The molecule has 2 aromatic heterocycles. The van der Waals surface area contributed by atoms with E-state index in [0.717, 1.165) is 17.0 Å². The first kappa shape index (κ1) is 11.7. The average Bonchev–Trinajstić information content (AvgIpc) is 2.82. The maximum absolute atomic E-state index is 6.04. The van der Waals surface area contributed by atoms with E-state index >= 15 is 0 Å². The molecule has 1 aromatic carbocycles. The van der Waals surface area contributed by atoms with Gasteiger partial charge in [-0.25, -0.2) is 0 Å². The van der Waals surface area contributed by atoms with E-state index < -0.39 is 0 Å². The standard InChI is InChI=1S/C15H16N4/c1-9-4-5-12(8-11(9)3)14-17-18-15-13(16)10(2)6-7-19(14)15/h4-8H,16H2,1-3H3. The lowest BCUT2D eigenvalue weighted by Crippen LogP contribution is -1.97. The quantitative estimate of drug-likeness (QED) is 0.724. The fourth-order valence-corrected chi connectivity index (χ4v) is 2.15. The predicted octanol–water partition coefficient (Wildman–Crippen LogP) is 2.90. The fourth-order valence-electron chi connectivity index (χ4n) is 2.15. The molecule has 0 atom stereocenters. The molecule has 2 N–H and O–H groups in total. The molecule has 0 aliphatic heterocycles. The number of benzene rings is 1. The second-order valence-electron chi connectivity index (χ2n) is 4.93. The highest BCUT2D eigenvalue weighted by molar-refractivity contribution is 5.72. The van der Waals surface area contributed by atoms with Crippen LogP contribution in [-0.4, -0.2) is 14.6 Å². The van der Waals surface area contributed by atoms with E-state index in [-0.39, 0.29) is 0 Å². The van der Waals surface area contributed by atoms with E-state index in [2.05, 4.69) is 42.2 Å². The summed E-state index contributed by atoms with van der Waals surface area (Å²) in [4.78, 5) is 0. The molecule has 96 valence electrons. The molecular weight excluding hydrogens is 236 g/mol. The highest BCUT2D eigenvalue weighted by Crippen LogP contribution is 2.24. The van der Waals surface area contributed by atoms with Crippen LogP contribution in [0.1, 0.15) is 16.7 Å². The van der Waals surface area contributed by atoms with E-state index in [1.807, 2.05) is 23.6 Å². The van der Waals surface area contributed by atoms with Gasteiger partial charge in [0, 0.05) is 11.8 Å². The van der Waals surface area contributed by atoms with E-state index in [9.17, 15) is 0 Å². The van der Waals surface area contributed by atoms with Gasteiger partial charge in [0.25, 0.3) is 0 Å². The Morgan fingerprint density at radius 2 is 1.74 bits per heavy atom. The van der Waals surface area contributed by atoms with Crippen LogP contribution in [0.25, 0.3) is 17.0 Å². The van der Waals surface area contributed by atoms with Gasteiger partial charge < -0.3 is 5.73 Å². The zero-order chi connectivity index (χ0) is 13.6. The summed E-state index contributed by atoms with van der Waals surface area (Å²) in [5.74, 6) is 0.824. The molecule has 4 nitrogen and oxygen atoms in total. The van der Waals surface area contributed by atoms with Gasteiger partial charge >= 0.3 is 0 Å². The Morgan fingerprint density at radius 3 is 2.47 bits per heavy atom. The van der Waals surface area contributed by atoms with Gasteiger partial charge in [0.15, 0.2) is 11.5 Å². The number of aryl methyl sites for hydroxylation is 3. The number of nitrogens with two attached hydrogens (primary N) is 1. The Morgan fingerprint density at radius 1 is 0.947 bits per heavy atom. The number of nitrogen functional groups attached to an aromatic ring is 1. The fraction of sp³-hybridized carbons (Fsp3) is 0.200. The largest absolute Gasteiger partial charge is 0.395 e. The van der Waals surface area contributed by atoms with E-state index in [1.54, 1.807) is 0 Å². The van der Waals surface area contributed by atoms with Crippen LogP contribution in [0.3, 0.4) is 0 Å². The molecule has 3 rings (SSSR count). The smallest absolute Gasteiger partial charge is 0.184 e. The highest BCUT2D eigenvalue weighted by atomic mass is 15.2. The molecule has 0 bridgehead atoms. The minimum Gasteiger partial charge on any atom is -0.395 e. The number of hydrogen-bond acceptors (Lipinski definition) is 3. The Bertz CT molecular complexity index is 771. The zero-order valence-electron chi connectivity index (χ0n) is 11.3. The van der Waals surface area contributed by atoms with Crippen molar-refractivity contribution >= 4 is 11.3 Å². The Labute approximate surface area is 111 Å². The van der Waals surface area contributed by atoms with E-state index in [1.165, 1.54) is 11.1 Å². The van der Waals surface area contributed by atoms with Gasteiger partial charge in [-0.15, -0.1) is 10.2 Å². The van der Waals surface area contributed by atoms with Crippen LogP contribution in [0.4, 0.5) is 5.69 Å². The Kier molecular flexibility index (Phi) is 2.52. The molecule has 0 fully saturated rings. The van der Waals surface area contributed by atoms with Crippen molar-refractivity contribution in [2.24, 2.45) is 0 Å². The highest BCUT2D eigenvalue weighted by Gasteiger charge is 2.11.